The van der Waals surface area contributed by atoms with Crippen LogP contribution in [-0.4, -0.2) is 24.4 Å². The van der Waals surface area contributed by atoms with Crippen molar-refractivity contribution in [1.29, 1.82) is 5.26 Å². The summed E-state index contributed by atoms with van der Waals surface area (Å²) in [6.45, 7) is 1.80. The van der Waals surface area contributed by atoms with Gasteiger partial charge in [-0.25, -0.2) is 4.79 Å². The molecular weight excluding hydrogens is 417 g/mol. The number of hydrogen-bond acceptors (Lipinski definition) is 5. The minimum atomic E-state index is -0.875. The Labute approximate surface area is 172 Å². The van der Waals surface area contributed by atoms with Crippen LogP contribution in [-0.2, 0) is 0 Å². The summed E-state index contributed by atoms with van der Waals surface area (Å²) in [6.07, 6.45) is 1.77. The van der Waals surface area contributed by atoms with E-state index in [1.54, 1.807) is 35.9 Å². The highest BCUT2D eigenvalue weighted by molar-refractivity contribution is 6.38. The summed E-state index contributed by atoms with van der Waals surface area (Å²) >= 11 is 12.9. The number of nitrogens with zero attached hydrogens (tertiary/aromatic N) is 4. The molecule has 4 aromatic rings. The third-order valence-electron chi connectivity index (χ3n) is 4.53. The van der Waals surface area contributed by atoms with Crippen molar-refractivity contribution in [2.24, 2.45) is 0 Å². The minimum Gasteiger partial charge on any atom is -0.508 e. The molecule has 8 nitrogen and oxygen atoms in total. The largest absolute Gasteiger partial charge is 0.508 e. The monoisotopic (exact) mass is 427 g/mol. The molecule has 2 heterocycles. The molecule has 0 aliphatic carbocycles. The number of fused-ring (bicyclic) bond motifs is 1. The third kappa shape index (κ3) is 2.97. The molecule has 0 amide bonds. The molecule has 2 aromatic carbocycles. The van der Waals surface area contributed by atoms with Crippen LogP contribution in [0.4, 0.5) is 0 Å². The number of hydrogen-bond donors (Lipinski definition) is 2. The van der Waals surface area contributed by atoms with E-state index >= 15 is 0 Å². The van der Waals surface area contributed by atoms with Gasteiger partial charge in [-0.2, -0.15) is 9.94 Å². The average molecular weight is 428 g/mol. The van der Waals surface area contributed by atoms with Gasteiger partial charge in [-0.1, -0.05) is 23.2 Å². The van der Waals surface area contributed by atoms with Crippen LogP contribution >= 0.6 is 23.2 Å². The van der Waals surface area contributed by atoms with Crippen molar-refractivity contribution in [3.63, 3.8) is 0 Å². The summed E-state index contributed by atoms with van der Waals surface area (Å²) in [6, 6.07) is 9.68. The average Bonchev–Trinajstić information content (AvgIpc) is 3.08. The van der Waals surface area contributed by atoms with Gasteiger partial charge >= 0.3 is 5.69 Å². The fourth-order valence-corrected chi connectivity index (χ4v) is 3.76. The van der Waals surface area contributed by atoms with E-state index in [9.17, 15) is 14.7 Å². The lowest BCUT2D eigenvalue weighted by molar-refractivity contribution is 0.472. The van der Waals surface area contributed by atoms with E-state index in [1.807, 2.05) is 11.1 Å². The molecule has 0 atom stereocenters. The second kappa shape index (κ2) is 6.81. The fourth-order valence-electron chi connectivity index (χ4n) is 3.10. The minimum absolute atomic E-state index is 0.180. The van der Waals surface area contributed by atoms with Crippen molar-refractivity contribution >= 4 is 34.1 Å². The second-order valence-corrected chi connectivity index (χ2v) is 7.03. The highest BCUT2D eigenvalue weighted by Crippen LogP contribution is 2.35. The topological polar surface area (TPSA) is 117 Å². The van der Waals surface area contributed by atoms with E-state index in [2.05, 4.69) is 5.10 Å². The van der Waals surface area contributed by atoms with E-state index in [-0.39, 0.29) is 21.5 Å². The van der Waals surface area contributed by atoms with Gasteiger partial charge in [-0.05, 0) is 37.3 Å². The van der Waals surface area contributed by atoms with Crippen LogP contribution in [0.1, 0.15) is 11.3 Å². The van der Waals surface area contributed by atoms with Crippen LogP contribution < -0.4 is 11.2 Å². The number of phenolic OH excluding ortho intramolecular Hbond substituents is 1. The Morgan fingerprint density at radius 2 is 1.86 bits per heavy atom. The van der Waals surface area contributed by atoms with E-state index in [1.165, 1.54) is 12.1 Å². The maximum Gasteiger partial charge on any atom is 0.349 e. The smallest absolute Gasteiger partial charge is 0.349 e. The van der Waals surface area contributed by atoms with E-state index < -0.39 is 16.9 Å². The highest BCUT2D eigenvalue weighted by atomic mass is 35.5. The molecule has 0 unspecified atom stereocenters. The molecule has 2 N–H and O–H groups in total. The maximum absolute atomic E-state index is 12.1. The van der Waals surface area contributed by atoms with Gasteiger partial charge in [-0.3, -0.25) is 9.78 Å². The lowest BCUT2D eigenvalue weighted by Crippen LogP contribution is -2.33. The molecule has 0 saturated carbocycles. The molecule has 0 bridgehead atoms. The van der Waals surface area contributed by atoms with Crippen molar-refractivity contribution in [2.75, 3.05) is 0 Å². The molecule has 0 aliphatic rings. The predicted octanol–water partition coefficient (Wildman–Crippen LogP) is 3.06. The molecule has 0 aliphatic heterocycles. The molecule has 10 heteroatoms. The zero-order valence-electron chi connectivity index (χ0n) is 14.8. The second-order valence-electron chi connectivity index (χ2n) is 6.22. The van der Waals surface area contributed by atoms with Gasteiger partial charge in [-0.15, -0.1) is 5.10 Å². The molecule has 4 rings (SSSR count). The van der Waals surface area contributed by atoms with Crippen molar-refractivity contribution in [3.05, 3.63) is 78.7 Å². The number of nitrogens with one attached hydrogen (secondary N) is 1. The molecule has 0 spiro atoms. The Balaban J connectivity index is 1.93. The number of aryl methyl sites for hydroxylation is 1. The standard InChI is InChI=1S/C19H11Cl2N5O3/c1-9-11-4-5-25(15(11)2-3-16(9)27)17-12(20)6-10(7-13(17)21)26-19(29)23-18(28)14(8-22)24-26/h2-7,27H,1H3,(H,23,28,29). The molecule has 0 fully saturated rings. The SMILES string of the molecule is Cc1c(O)ccc2c1ccn2-c1c(Cl)cc(-n2nc(C#N)c(=O)[nH]c2=O)cc1Cl. The summed E-state index contributed by atoms with van der Waals surface area (Å²) in [7, 11) is 0. The van der Waals surface area contributed by atoms with E-state index in [0.29, 0.717) is 5.69 Å². The van der Waals surface area contributed by atoms with Crippen LogP contribution in [0.2, 0.25) is 10.0 Å². The van der Waals surface area contributed by atoms with Crippen LogP contribution in [0.15, 0.2) is 46.1 Å². The van der Waals surface area contributed by atoms with Crippen LogP contribution in [0.25, 0.3) is 22.3 Å². The van der Waals surface area contributed by atoms with Crippen molar-refractivity contribution in [3.8, 4) is 23.2 Å². The van der Waals surface area contributed by atoms with Crippen LogP contribution in [0.3, 0.4) is 0 Å². The first-order valence-electron chi connectivity index (χ1n) is 8.25. The quantitative estimate of drug-likeness (QED) is 0.509. The first-order chi connectivity index (χ1) is 13.8. The number of rotatable bonds is 2. The van der Waals surface area contributed by atoms with Gasteiger partial charge in [0.15, 0.2) is 0 Å². The summed E-state index contributed by atoms with van der Waals surface area (Å²) in [5.74, 6) is 0.180. The Kier molecular flexibility index (Phi) is 4.42. The first-order valence-corrected chi connectivity index (χ1v) is 9.00. The van der Waals surface area contributed by atoms with E-state index in [4.69, 9.17) is 28.5 Å². The molecule has 144 valence electrons. The Bertz CT molecular complexity index is 1440. The van der Waals surface area contributed by atoms with Gasteiger partial charge in [0, 0.05) is 17.1 Å². The Morgan fingerprint density at radius 1 is 1.17 bits per heavy atom. The number of aromatic amines is 1. The summed E-state index contributed by atoms with van der Waals surface area (Å²) in [4.78, 5) is 25.7. The fraction of sp³-hybridized carbons (Fsp3) is 0.0526. The van der Waals surface area contributed by atoms with Crippen molar-refractivity contribution < 1.29 is 5.11 Å². The number of aromatic nitrogens is 4. The number of H-pyrrole nitrogens is 1. The molecule has 0 radical (unpaired) electrons. The third-order valence-corrected chi connectivity index (χ3v) is 5.11. The zero-order chi connectivity index (χ0) is 20.9. The van der Waals surface area contributed by atoms with Gasteiger partial charge < -0.3 is 9.67 Å². The normalized spacial score (nSPS) is 11.0. The zero-order valence-corrected chi connectivity index (χ0v) is 16.3. The first kappa shape index (κ1) is 18.8. The number of nitriles is 1. The van der Waals surface area contributed by atoms with Crippen molar-refractivity contribution in [2.45, 2.75) is 6.92 Å². The summed E-state index contributed by atoms with van der Waals surface area (Å²) in [5.41, 5.74) is -0.0120. The molecule has 0 saturated heterocycles. The lowest BCUT2D eigenvalue weighted by Gasteiger charge is -2.13. The number of halogens is 2. The summed E-state index contributed by atoms with van der Waals surface area (Å²) in [5, 5.41) is 23.9. The Morgan fingerprint density at radius 3 is 2.52 bits per heavy atom. The number of phenols is 1. The highest BCUT2D eigenvalue weighted by Gasteiger charge is 2.17. The number of aromatic hydroxyl groups is 1. The molecular formula is C19H11Cl2N5O3. The van der Waals surface area contributed by atoms with E-state index in [0.717, 1.165) is 21.1 Å². The molecule has 29 heavy (non-hydrogen) atoms. The van der Waals surface area contributed by atoms with Gasteiger partial charge in [0.2, 0.25) is 5.69 Å². The van der Waals surface area contributed by atoms with Crippen LogP contribution in [0, 0.1) is 18.3 Å². The predicted molar refractivity (Wildman–Crippen MR) is 108 cm³/mol. The van der Waals surface area contributed by atoms with Crippen molar-refractivity contribution in [1.82, 2.24) is 19.3 Å². The van der Waals surface area contributed by atoms with Gasteiger partial charge in [0.25, 0.3) is 5.56 Å². The number of benzene rings is 2. The summed E-state index contributed by atoms with van der Waals surface area (Å²) < 4.78 is 2.61. The Hall–Kier alpha value is -3.54. The maximum atomic E-state index is 12.1. The molecule has 2 aromatic heterocycles. The lowest BCUT2D eigenvalue weighted by atomic mass is 10.1. The van der Waals surface area contributed by atoms with Gasteiger partial charge in [0.1, 0.15) is 11.8 Å². The van der Waals surface area contributed by atoms with Crippen LogP contribution in [0.5, 0.6) is 5.75 Å². The van der Waals surface area contributed by atoms with Gasteiger partial charge in [0.05, 0.1) is 26.9 Å².